The highest BCUT2D eigenvalue weighted by molar-refractivity contribution is 5.76. The van der Waals surface area contributed by atoms with E-state index in [0.717, 1.165) is 0 Å². The van der Waals surface area contributed by atoms with Gasteiger partial charge < -0.3 is 15.7 Å². The van der Waals surface area contributed by atoms with Gasteiger partial charge in [0.15, 0.2) is 0 Å². The Labute approximate surface area is 103 Å². The predicted molar refractivity (Wildman–Crippen MR) is 66.7 cm³/mol. The number of hydrogen-bond acceptors (Lipinski definition) is 3. The fourth-order valence-electron chi connectivity index (χ4n) is 1.36. The van der Waals surface area contributed by atoms with Crippen LogP contribution in [0.5, 0.6) is 0 Å². The zero-order valence-corrected chi connectivity index (χ0v) is 11.1. The quantitative estimate of drug-likeness (QED) is 0.591. The standard InChI is InChI=1S/C12H24N2O3/c1-8(2)7-14-10(15)5-6-13-11(9(3)4)12(16)17/h8-9,11,13H,5-7H2,1-4H3,(H,14,15)(H,16,17). The number of carbonyl (C=O) groups is 2. The summed E-state index contributed by atoms with van der Waals surface area (Å²) in [6.45, 7) is 8.77. The van der Waals surface area contributed by atoms with Crippen molar-refractivity contribution in [1.29, 1.82) is 0 Å². The van der Waals surface area contributed by atoms with Crippen LogP contribution in [0.1, 0.15) is 34.1 Å². The van der Waals surface area contributed by atoms with Crippen molar-refractivity contribution >= 4 is 11.9 Å². The first kappa shape index (κ1) is 15.9. The Hall–Kier alpha value is -1.10. The summed E-state index contributed by atoms with van der Waals surface area (Å²) in [5, 5.41) is 14.6. The summed E-state index contributed by atoms with van der Waals surface area (Å²) in [5.74, 6) is -0.484. The van der Waals surface area contributed by atoms with Crippen LogP contribution in [0.2, 0.25) is 0 Å². The van der Waals surface area contributed by atoms with E-state index in [0.29, 0.717) is 25.4 Å². The molecule has 0 radical (unpaired) electrons. The van der Waals surface area contributed by atoms with Crippen LogP contribution in [0, 0.1) is 11.8 Å². The Bertz CT molecular complexity index is 252. The number of carboxylic acid groups (broad SMARTS) is 1. The van der Waals surface area contributed by atoms with Crippen LogP contribution < -0.4 is 10.6 Å². The van der Waals surface area contributed by atoms with Crippen LogP contribution in [-0.4, -0.2) is 36.1 Å². The van der Waals surface area contributed by atoms with Gasteiger partial charge in [-0.2, -0.15) is 0 Å². The van der Waals surface area contributed by atoms with Gasteiger partial charge in [-0.15, -0.1) is 0 Å². The number of amides is 1. The molecule has 0 heterocycles. The number of hydrogen-bond donors (Lipinski definition) is 3. The second-order valence-electron chi connectivity index (χ2n) is 4.96. The van der Waals surface area contributed by atoms with Crippen molar-refractivity contribution in [2.45, 2.75) is 40.2 Å². The Kier molecular flexibility index (Phi) is 7.54. The molecule has 1 atom stereocenters. The number of carboxylic acids is 1. The largest absolute Gasteiger partial charge is 0.480 e. The SMILES string of the molecule is CC(C)CNC(=O)CCNC(C(=O)O)C(C)C. The van der Waals surface area contributed by atoms with Gasteiger partial charge in [-0.3, -0.25) is 9.59 Å². The van der Waals surface area contributed by atoms with Crippen molar-refractivity contribution in [1.82, 2.24) is 10.6 Å². The third kappa shape index (κ3) is 7.74. The lowest BCUT2D eigenvalue weighted by Gasteiger charge is -2.17. The molecule has 0 aromatic rings. The monoisotopic (exact) mass is 244 g/mol. The normalized spacial score (nSPS) is 12.8. The molecule has 0 bridgehead atoms. The van der Waals surface area contributed by atoms with E-state index < -0.39 is 12.0 Å². The minimum atomic E-state index is -0.873. The van der Waals surface area contributed by atoms with Gasteiger partial charge >= 0.3 is 5.97 Å². The Morgan fingerprint density at radius 1 is 1.18 bits per heavy atom. The lowest BCUT2D eigenvalue weighted by atomic mass is 10.0. The van der Waals surface area contributed by atoms with Crippen LogP contribution in [0.3, 0.4) is 0 Å². The molecule has 3 N–H and O–H groups in total. The molecular formula is C12H24N2O3. The topological polar surface area (TPSA) is 78.4 Å². The first-order valence-electron chi connectivity index (χ1n) is 6.07. The van der Waals surface area contributed by atoms with E-state index in [4.69, 9.17) is 5.11 Å². The Balaban J connectivity index is 3.81. The summed E-state index contributed by atoms with van der Waals surface area (Å²) in [6.07, 6.45) is 0.309. The maximum absolute atomic E-state index is 11.4. The molecule has 0 aliphatic heterocycles. The van der Waals surface area contributed by atoms with E-state index in [1.54, 1.807) is 0 Å². The summed E-state index contributed by atoms with van der Waals surface area (Å²) in [6, 6.07) is -0.590. The van der Waals surface area contributed by atoms with Crippen molar-refractivity contribution in [2.24, 2.45) is 11.8 Å². The van der Waals surface area contributed by atoms with Crippen LogP contribution in [0.25, 0.3) is 0 Å². The number of rotatable bonds is 8. The molecule has 0 aromatic heterocycles. The summed E-state index contributed by atoms with van der Waals surface area (Å²) < 4.78 is 0. The fraction of sp³-hybridized carbons (Fsp3) is 0.833. The van der Waals surface area contributed by atoms with E-state index >= 15 is 0 Å². The van der Waals surface area contributed by atoms with Crippen LogP contribution >= 0.6 is 0 Å². The number of nitrogens with one attached hydrogen (secondary N) is 2. The smallest absolute Gasteiger partial charge is 0.320 e. The van der Waals surface area contributed by atoms with Crippen LogP contribution in [-0.2, 0) is 9.59 Å². The average Bonchev–Trinajstić information content (AvgIpc) is 2.20. The molecule has 0 saturated carbocycles. The second kappa shape index (κ2) is 8.06. The summed E-state index contributed by atoms with van der Waals surface area (Å²) in [7, 11) is 0. The van der Waals surface area contributed by atoms with Gasteiger partial charge in [0.2, 0.25) is 5.91 Å². The van der Waals surface area contributed by atoms with Gasteiger partial charge in [0.1, 0.15) is 6.04 Å². The lowest BCUT2D eigenvalue weighted by molar-refractivity contribution is -0.140. The van der Waals surface area contributed by atoms with Crippen LogP contribution in [0.4, 0.5) is 0 Å². The molecule has 5 heteroatoms. The molecule has 0 aromatic carbocycles. The third-order valence-corrected chi connectivity index (χ3v) is 2.36. The van der Waals surface area contributed by atoms with E-state index in [2.05, 4.69) is 10.6 Å². The molecule has 0 fully saturated rings. The average molecular weight is 244 g/mol. The maximum Gasteiger partial charge on any atom is 0.320 e. The molecular weight excluding hydrogens is 220 g/mol. The van der Waals surface area contributed by atoms with E-state index in [1.807, 2.05) is 27.7 Å². The Morgan fingerprint density at radius 3 is 2.18 bits per heavy atom. The first-order chi connectivity index (χ1) is 7.84. The van der Waals surface area contributed by atoms with Gasteiger partial charge in [-0.1, -0.05) is 27.7 Å². The van der Waals surface area contributed by atoms with E-state index in [-0.39, 0.29) is 11.8 Å². The highest BCUT2D eigenvalue weighted by atomic mass is 16.4. The Morgan fingerprint density at radius 2 is 1.76 bits per heavy atom. The highest BCUT2D eigenvalue weighted by Crippen LogP contribution is 2.01. The van der Waals surface area contributed by atoms with Gasteiger partial charge in [-0.05, 0) is 11.8 Å². The van der Waals surface area contributed by atoms with Crippen molar-refractivity contribution in [2.75, 3.05) is 13.1 Å². The molecule has 5 nitrogen and oxygen atoms in total. The number of carbonyl (C=O) groups excluding carboxylic acids is 1. The van der Waals surface area contributed by atoms with Gasteiger partial charge in [0, 0.05) is 19.5 Å². The molecule has 17 heavy (non-hydrogen) atoms. The first-order valence-corrected chi connectivity index (χ1v) is 6.07. The molecule has 0 spiro atoms. The zero-order chi connectivity index (χ0) is 13.4. The molecule has 100 valence electrons. The minimum Gasteiger partial charge on any atom is -0.480 e. The van der Waals surface area contributed by atoms with Gasteiger partial charge in [0.05, 0.1) is 0 Å². The maximum atomic E-state index is 11.4. The van der Waals surface area contributed by atoms with Gasteiger partial charge in [0.25, 0.3) is 0 Å². The molecule has 0 rings (SSSR count). The van der Waals surface area contributed by atoms with E-state index in [1.165, 1.54) is 0 Å². The minimum absolute atomic E-state index is 0.00576. The fourth-order valence-corrected chi connectivity index (χ4v) is 1.36. The van der Waals surface area contributed by atoms with E-state index in [9.17, 15) is 9.59 Å². The molecule has 1 amide bonds. The van der Waals surface area contributed by atoms with Crippen molar-refractivity contribution in [3.05, 3.63) is 0 Å². The number of aliphatic carboxylic acids is 1. The molecule has 1 unspecified atom stereocenters. The van der Waals surface area contributed by atoms with Crippen molar-refractivity contribution < 1.29 is 14.7 Å². The summed E-state index contributed by atoms with van der Waals surface area (Å²) >= 11 is 0. The van der Waals surface area contributed by atoms with Gasteiger partial charge in [-0.25, -0.2) is 0 Å². The second-order valence-corrected chi connectivity index (χ2v) is 4.96. The molecule has 0 aliphatic carbocycles. The summed E-state index contributed by atoms with van der Waals surface area (Å²) in [4.78, 5) is 22.2. The zero-order valence-electron chi connectivity index (χ0n) is 11.1. The molecule has 0 aliphatic rings. The van der Waals surface area contributed by atoms with Crippen LogP contribution in [0.15, 0.2) is 0 Å². The molecule has 0 saturated heterocycles. The van der Waals surface area contributed by atoms with Crippen molar-refractivity contribution in [3.63, 3.8) is 0 Å². The predicted octanol–water partition coefficient (Wildman–Crippen LogP) is 0.847. The van der Waals surface area contributed by atoms with Crippen molar-refractivity contribution in [3.8, 4) is 0 Å². The third-order valence-electron chi connectivity index (χ3n) is 2.36. The lowest BCUT2D eigenvalue weighted by Crippen LogP contribution is -2.42. The summed E-state index contributed by atoms with van der Waals surface area (Å²) in [5.41, 5.74) is 0. The highest BCUT2D eigenvalue weighted by Gasteiger charge is 2.20.